The summed E-state index contributed by atoms with van der Waals surface area (Å²) in [5, 5.41) is 6.64. The van der Waals surface area contributed by atoms with Crippen LogP contribution in [0.4, 0.5) is 5.69 Å². The number of amides is 1. The van der Waals surface area contributed by atoms with Crippen LogP contribution in [0.25, 0.3) is 0 Å². The van der Waals surface area contributed by atoms with Crippen molar-refractivity contribution in [2.45, 2.75) is 33.0 Å². The quantitative estimate of drug-likeness (QED) is 0.534. The van der Waals surface area contributed by atoms with Crippen molar-refractivity contribution in [3.8, 4) is 0 Å². The molecule has 3 aromatic carbocycles. The van der Waals surface area contributed by atoms with Gasteiger partial charge in [-0.2, -0.15) is 0 Å². The van der Waals surface area contributed by atoms with Gasteiger partial charge in [0.25, 0.3) is 0 Å². The first-order chi connectivity index (χ1) is 16.1. The molecule has 2 N–H and O–H groups in total. The average Bonchev–Trinajstić information content (AvgIpc) is 2.81. The lowest BCUT2D eigenvalue weighted by molar-refractivity contribution is -0.118. The van der Waals surface area contributed by atoms with E-state index in [2.05, 4.69) is 45.9 Å². The lowest BCUT2D eigenvalue weighted by Crippen LogP contribution is -2.36. The summed E-state index contributed by atoms with van der Waals surface area (Å²) in [4.78, 5) is 15.8. The maximum atomic E-state index is 13.4. The first kappa shape index (κ1) is 23.2. The van der Waals surface area contributed by atoms with Gasteiger partial charge in [0, 0.05) is 31.9 Å². The van der Waals surface area contributed by atoms with Crippen molar-refractivity contribution in [1.29, 1.82) is 0 Å². The number of morpholine rings is 1. The van der Waals surface area contributed by atoms with Gasteiger partial charge in [0.05, 0.1) is 13.2 Å². The molecule has 0 aliphatic carbocycles. The number of anilines is 1. The number of aryl methyl sites for hydroxylation is 2. The molecular weight excluding hydrogens is 410 g/mol. The fourth-order valence-corrected chi connectivity index (χ4v) is 4.37. The third-order valence-corrected chi connectivity index (χ3v) is 6.00. The zero-order chi connectivity index (χ0) is 23.0. The Morgan fingerprint density at radius 3 is 2.24 bits per heavy atom. The number of ether oxygens (including phenoxy) is 1. The molecule has 1 heterocycles. The summed E-state index contributed by atoms with van der Waals surface area (Å²) in [6.07, 6.45) is 0. The molecule has 3 aromatic rings. The van der Waals surface area contributed by atoms with Gasteiger partial charge >= 0.3 is 0 Å². The second-order valence-corrected chi connectivity index (χ2v) is 8.75. The van der Waals surface area contributed by atoms with Gasteiger partial charge in [0.1, 0.15) is 6.04 Å². The Labute approximate surface area is 196 Å². The van der Waals surface area contributed by atoms with Crippen LogP contribution in [0.5, 0.6) is 0 Å². The molecule has 1 amide bonds. The minimum absolute atomic E-state index is 0.0585. The van der Waals surface area contributed by atoms with Crippen molar-refractivity contribution in [2.75, 3.05) is 31.6 Å². The van der Waals surface area contributed by atoms with Gasteiger partial charge in [-0.25, -0.2) is 0 Å². The predicted molar refractivity (Wildman–Crippen MR) is 133 cm³/mol. The summed E-state index contributed by atoms with van der Waals surface area (Å²) in [6, 6.07) is 24.0. The summed E-state index contributed by atoms with van der Waals surface area (Å²) in [7, 11) is 0. The Bertz CT molecular complexity index is 1040. The first-order valence-electron chi connectivity index (χ1n) is 11.6. The van der Waals surface area contributed by atoms with Crippen LogP contribution in [-0.4, -0.2) is 37.1 Å². The standard InChI is InChI=1S/C28H33N3O2/c1-21-16-22(2)18-26(17-21)30-28(32)27(23-8-4-3-5-9-23)29-19-24-10-6-7-11-25(24)20-31-12-14-33-15-13-31/h3-11,16-18,27,29H,12-15,19-20H2,1-2H3,(H,30,32)/t27-/m0/s1. The summed E-state index contributed by atoms with van der Waals surface area (Å²) >= 11 is 0. The monoisotopic (exact) mass is 443 g/mol. The highest BCUT2D eigenvalue weighted by molar-refractivity contribution is 5.95. The summed E-state index contributed by atoms with van der Waals surface area (Å²) < 4.78 is 5.49. The Morgan fingerprint density at radius 2 is 1.55 bits per heavy atom. The van der Waals surface area contributed by atoms with Gasteiger partial charge < -0.3 is 10.1 Å². The molecule has 33 heavy (non-hydrogen) atoms. The number of hydrogen-bond acceptors (Lipinski definition) is 4. The van der Waals surface area contributed by atoms with Crippen LogP contribution in [0.2, 0.25) is 0 Å². The summed E-state index contributed by atoms with van der Waals surface area (Å²) in [6.45, 7) is 9.07. The maximum Gasteiger partial charge on any atom is 0.246 e. The van der Waals surface area contributed by atoms with Crippen molar-refractivity contribution in [2.24, 2.45) is 0 Å². The zero-order valence-corrected chi connectivity index (χ0v) is 19.5. The van der Waals surface area contributed by atoms with Gasteiger partial charge in [0.15, 0.2) is 0 Å². The molecule has 1 aliphatic heterocycles. The molecule has 5 heteroatoms. The smallest absolute Gasteiger partial charge is 0.246 e. The van der Waals surface area contributed by atoms with Crippen LogP contribution in [0.3, 0.4) is 0 Å². The van der Waals surface area contributed by atoms with Crippen LogP contribution >= 0.6 is 0 Å². The van der Waals surface area contributed by atoms with E-state index in [0.29, 0.717) is 6.54 Å². The van der Waals surface area contributed by atoms with Gasteiger partial charge in [-0.3, -0.25) is 15.0 Å². The van der Waals surface area contributed by atoms with Gasteiger partial charge in [-0.1, -0.05) is 60.7 Å². The predicted octanol–water partition coefficient (Wildman–Crippen LogP) is 4.61. The van der Waals surface area contributed by atoms with Crippen molar-refractivity contribution in [3.63, 3.8) is 0 Å². The first-order valence-corrected chi connectivity index (χ1v) is 11.6. The topological polar surface area (TPSA) is 53.6 Å². The third-order valence-electron chi connectivity index (χ3n) is 6.00. The Hall–Kier alpha value is -2.99. The Balaban J connectivity index is 1.50. The van der Waals surface area contributed by atoms with Gasteiger partial charge in [-0.15, -0.1) is 0 Å². The number of nitrogens with zero attached hydrogens (tertiary/aromatic N) is 1. The SMILES string of the molecule is Cc1cc(C)cc(NC(=O)[C@@H](NCc2ccccc2CN2CCOCC2)c2ccccc2)c1. The van der Waals surface area contributed by atoms with Crippen molar-refractivity contribution in [3.05, 3.63) is 101 Å². The van der Waals surface area contributed by atoms with Crippen LogP contribution in [0.15, 0.2) is 72.8 Å². The molecule has 172 valence electrons. The van der Waals surface area contributed by atoms with Crippen molar-refractivity contribution in [1.82, 2.24) is 10.2 Å². The highest BCUT2D eigenvalue weighted by Gasteiger charge is 2.21. The molecule has 0 aromatic heterocycles. The fraction of sp³-hybridized carbons (Fsp3) is 0.321. The van der Waals surface area contributed by atoms with Gasteiger partial charge in [0.2, 0.25) is 5.91 Å². The minimum Gasteiger partial charge on any atom is -0.379 e. The highest BCUT2D eigenvalue weighted by Crippen LogP contribution is 2.20. The zero-order valence-electron chi connectivity index (χ0n) is 19.5. The molecular formula is C28H33N3O2. The molecule has 0 unspecified atom stereocenters. The molecule has 0 bridgehead atoms. The van der Waals surface area contributed by atoms with E-state index in [1.54, 1.807) is 0 Å². The average molecular weight is 444 g/mol. The van der Waals surface area contributed by atoms with Crippen molar-refractivity contribution < 1.29 is 9.53 Å². The molecule has 1 fully saturated rings. The molecule has 0 radical (unpaired) electrons. The largest absolute Gasteiger partial charge is 0.379 e. The normalized spacial score (nSPS) is 15.2. The van der Waals surface area contributed by atoms with E-state index in [1.165, 1.54) is 11.1 Å². The van der Waals surface area contributed by atoms with Crippen molar-refractivity contribution >= 4 is 11.6 Å². The van der Waals surface area contributed by atoms with Crippen LogP contribution in [0.1, 0.15) is 33.9 Å². The van der Waals surface area contributed by atoms with Crippen LogP contribution < -0.4 is 10.6 Å². The summed E-state index contributed by atoms with van der Waals surface area (Å²) in [5.41, 5.74) is 6.54. The number of rotatable bonds is 8. The number of carbonyl (C=O) groups excluding carboxylic acids is 1. The van der Waals surface area contributed by atoms with E-state index in [-0.39, 0.29) is 5.91 Å². The summed E-state index contributed by atoms with van der Waals surface area (Å²) in [5.74, 6) is -0.0585. The molecule has 4 rings (SSSR count). The third kappa shape index (κ3) is 6.51. The molecule has 0 spiro atoms. The minimum atomic E-state index is -0.455. The lowest BCUT2D eigenvalue weighted by atomic mass is 10.0. The molecule has 5 nitrogen and oxygen atoms in total. The second kappa shape index (κ2) is 11.2. The Morgan fingerprint density at radius 1 is 0.909 bits per heavy atom. The molecule has 1 saturated heterocycles. The van der Waals surface area contributed by atoms with E-state index >= 15 is 0 Å². The maximum absolute atomic E-state index is 13.4. The van der Waals surface area contributed by atoms with E-state index in [1.807, 2.05) is 56.3 Å². The van der Waals surface area contributed by atoms with E-state index in [4.69, 9.17) is 4.74 Å². The lowest BCUT2D eigenvalue weighted by Gasteiger charge is -2.27. The van der Waals surface area contributed by atoms with E-state index in [0.717, 1.165) is 55.2 Å². The Kier molecular flexibility index (Phi) is 7.89. The molecule has 1 atom stereocenters. The van der Waals surface area contributed by atoms with Crippen LogP contribution in [-0.2, 0) is 22.6 Å². The highest BCUT2D eigenvalue weighted by atomic mass is 16.5. The number of nitrogens with one attached hydrogen (secondary N) is 2. The molecule has 1 aliphatic rings. The fourth-order valence-electron chi connectivity index (χ4n) is 4.37. The number of carbonyl (C=O) groups is 1. The number of benzene rings is 3. The second-order valence-electron chi connectivity index (χ2n) is 8.75. The molecule has 0 saturated carbocycles. The number of hydrogen-bond donors (Lipinski definition) is 2. The van der Waals surface area contributed by atoms with Crippen LogP contribution in [0, 0.1) is 13.8 Å². The van der Waals surface area contributed by atoms with Gasteiger partial charge in [-0.05, 0) is 53.8 Å². The van der Waals surface area contributed by atoms with E-state index < -0.39 is 6.04 Å². The van der Waals surface area contributed by atoms with E-state index in [9.17, 15) is 4.79 Å².